The number of rotatable bonds is 4. The lowest BCUT2D eigenvalue weighted by atomic mass is 9.73. The number of nitrogens with zero attached hydrogens (tertiary/aromatic N) is 2. The summed E-state index contributed by atoms with van der Waals surface area (Å²) in [5, 5.41) is 4.50. The van der Waals surface area contributed by atoms with E-state index in [0.29, 0.717) is 5.56 Å². The van der Waals surface area contributed by atoms with Gasteiger partial charge in [0.1, 0.15) is 5.82 Å². The molecule has 0 radical (unpaired) electrons. The van der Waals surface area contributed by atoms with Crippen molar-refractivity contribution in [1.82, 2.24) is 9.78 Å². The fourth-order valence-corrected chi connectivity index (χ4v) is 3.52. The molecule has 0 spiro atoms. The molecule has 0 saturated carbocycles. The second-order valence-corrected chi connectivity index (χ2v) is 7.43. The molecule has 1 aromatic heterocycles. The van der Waals surface area contributed by atoms with Crippen molar-refractivity contribution in [2.24, 2.45) is 5.41 Å². The Kier molecular flexibility index (Phi) is 4.55. The number of fused-ring (bicyclic) bond motifs is 1. The second kappa shape index (κ2) is 7.04. The van der Waals surface area contributed by atoms with Gasteiger partial charge in [-0.05, 0) is 55.3 Å². The zero-order chi connectivity index (χ0) is 19.7. The van der Waals surface area contributed by atoms with Crippen LogP contribution >= 0.6 is 0 Å². The number of hydrogen-bond acceptors (Lipinski definition) is 2. The number of aromatic nitrogens is 2. The molecule has 0 amide bonds. The number of halogens is 1. The van der Waals surface area contributed by atoms with Crippen LogP contribution in [0.15, 0.2) is 78.5 Å². The normalized spacial score (nSPS) is 18.8. The van der Waals surface area contributed by atoms with Gasteiger partial charge in [-0.2, -0.15) is 5.10 Å². The highest BCUT2D eigenvalue weighted by molar-refractivity contribution is 6.04. The lowest BCUT2D eigenvalue weighted by Crippen LogP contribution is -2.22. The molecule has 1 aliphatic carbocycles. The smallest absolute Gasteiger partial charge is 0.185 e. The van der Waals surface area contributed by atoms with Gasteiger partial charge in [0.2, 0.25) is 0 Å². The molecular formula is C24H21FN2O. The first-order valence-electron chi connectivity index (χ1n) is 9.26. The Morgan fingerprint density at radius 2 is 1.86 bits per heavy atom. The molecule has 3 aromatic rings. The quantitative estimate of drug-likeness (QED) is 0.453. The fourth-order valence-electron chi connectivity index (χ4n) is 3.52. The van der Waals surface area contributed by atoms with Crippen LogP contribution in [0.3, 0.4) is 0 Å². The molecule has 0 N–H and O–H groups in total. The van der Waals surface area contributed by atoms with Crippen molar-refractivity contribution < 1.29 is 9.18 Å². The lowest BCUT2D eigenvalue weighted by Gasteiger charge is -2.31. The predicted molar refractivity (Wildman–Crippen MR) is 109 cm³/mol. The minimum atomic E-state index is -0.266. The average molecular weight is 372 g/mol. The van der Waals surface area contributed by atoms with E-state index in [2.05, 4.69) is 25.0 Å². The molecule has 0 bridgehead atoms. The van der Waals surface area contributed by atoms with Gasteiger partial charge in [0, 0.05) is 11.0 Å². The van der Waals surface area contributed by atoms with E-state index >= 15 is 0 Å². The number of hydrogen-bond donors (Lipinski definition) is 0. The van der Waals surface area contributed by atoms with Crippen LogP contribution in [-0.4, -0.2) is 15.6 Å². The topological polar surface area (TPSA) is 34.9 Å². The lowest BCUT2D eigenvalue weighted by molar-refractivity contribution is 0.104. The maximum Gasteiger partial charge on any atom is 0.185 e. The molecular weight excluding hydrogens is 351 g/mol. The Balaban J connectivity index is 1.63. The summed E-state index contributed by atoms with van der Waals surface area (Å²) in [5.41, 5.74) is 4.52. The first-order valence-corrected chi connectivity index (χ1v) is 9.26. The molecule has 0 aliphatic heterocycles. The molecule has 1 aliphatic rings. The molecule has 140 valence electrons. The van der Waals surface area contributed by atoms with Gasteiger partial charge in [-0.1, -0.05) is 48.9 Å². The van der Waals surface area contributed by atoms with Crippen LogP contribution in [0.1, 0.15) is 35.5 Å². The standard InChI is InChI=1S/C24H21FN2O/c1-17-14-22-19(16-26-27(22)21-10-8-20(25)9-11-21)15-24(17,2)13-12-23(28)18-6-4-3-5-7-18/h3-14,16H,15H2,1-2H3. The van der Waals surface area contributed by atoms with E-state index in [1.54, 1.807) is 18.2 Å². The van der Waals surface area contributed by atoms with E-state index in [1.165, 1.54) is 12.1 Å². The summed E-state index contributed by atoms with van der Waals surface area (Å²) in [5.74, 6) is -0.264. The highest BCUT2D eigenvalue weighted by Crippen LogP contribution is 2.40. The molecule has 4 rings (SSSR count). The van der Waals surface area contributed by atoms with E-state index in [4.69, 9.17) is 0 Å². The SMILES string of the molecule is CC1=Cc2c(cnn2-c2ccc(F)cc2)CC1(C)C=CC(=O)c1ccccc1. The highest BCUT2D eigenvalue weighted by atomic mass is 19.1. The Labute approximate surface area is 163 Å². The minimum Gasteiger partial charge on any atom is -0.289 e. The molecule has 0 fully saturated rings. The van der Waals surface area contributed by atoms with Gasteiger partial charge >= 0.3 is 0 Å². The van der Waals surface area contributed by atoms with Gasteiger partial charge in [-0.3, -0.25) is 4.79 Å². The van der Waals surface area contributed by atoms with Crippen LogP contribution in [0.5, 0.6) is 0 Å². The summed E-state index contributed by atoms with van der Waals surface area (Å²) in [7, 11) is 0. The van der Waals surface area contributed by atoms with Gasteiger partial charge in [-0.15, -0.1) is 0 Å². The van der Waals surface area contributed by atoms with Crippen LogP contribution in [0.2, 0.25) is 0 Å². The Bertz CT molecular complexity index is 1080. The first kappa shape index (κ1) is 18.1. The maximum atomic E-state index is 13.2. The van der Waals surface area contributed by atoms with Gasteiger partial charge in [0.05, 0.1) is 17.6 Å². The van der Waals surface area contributed by atoms with E-state index in [1.807, 2.05) is 47.3 Å². The molecule has 1 unspecified atom stereocenters. The zero-order valence-corrected chi connectivity index (χ0v) is 15.9. The largest absolute Gasteiger partial charge is 0.289 e. The summed E-state index contributed by atoms with van der Waals surface area (Å²) in [6, 6.07) is 15.6. The molecule has 0 saturated heterocycles. The Hall–Kier alpha value is -3.27. The summed E-state index contributed by atoms with van der Waals surface area (Å²) >= 11 is 0. The van der Waals surface area contributed by atoms with Crippen LogP contribution in [0.25, 0.3) is 11.8 Å². The number of ketones is 1. The fraction of sp³-hybridized carbons (Fsp3) is 0.167. The van der Waals surface area contributed by atoms with Crippen molar-refractivity contribution in [3.63, 3.8) is 0 Å². The molecule has 1 atom stereocenters. The van der Waals surface area contributed by atoms with Gasteiger partial charge < -0.3 is 0 Å². The van der Waals surface area contributed by atoms with E-state index < -0.39 is 0 Å². The highest BCUT2D eigenvalue weighted by Gasteiger charge is 2.31. The summed E-state index contributed by atoms with van der Waals surface area (Å²) in [6.45, 7) is 4.20. The summed E-state index contributed by atoms with van der Waals surface area (Å²) < 4.78 is 15.1. The van der Waals surface area contributed by atoms with Crippen LogP contribution in [0.4, 0.5) is 4.39 Å². The van der Waals surface area contributed by atoms with Gasteiger partial charge in [0.25, 0.3) is 0 Å². The van der Waals surface area contributed by atoms with Crippen LogP contribution in [0, 0.1) is 11.2 Å². The monoisotopic (exact) mass is 372 g/mol. The Morgan fingerprint density at radius 3 is 2.57 bits per heavy atom. The van der Waals surface area contributed by atoms with Crippen molar-refractivity contribution in [1.29, 1.82) is 0 Å². The van der Waals surface area contributed by atoms with Crippen molar-refractivity contribution in [2.75, 3.05) is 0 Å². The van der Waals surface area contributed by atoms with Gasteiger partial charge in [-0.25, -0.2) is 9.07 Å². The van der Waals surface area contributed by atoms with E-state index in [9.17, 15) is 9.18 Å². The third-order valence-electron chi connectivity index (χ3n) is 5.43. The number of allylic oxidation sites excluding steroid dienone is 3. The number of carbonyl (C=O) groups is 1. The van der Waals surface area contributed by atoms with Crippen molar-refractivity contribution >= 4 is 11.9 Å². The maximum absolute atomic E-state index is 13.2. The third kappa shape index (κ3) is 3.33. The Morgan fingerprint density at radius 1 is 1.14 bits per heavy atom. The third-order valence-corrected chi connectivity index (χ3v) is 5.43. The summed E-state index contributed by atoms with van der Waals surface area (Å²) in [4.78, 5) is 12.4. The van der Waals surface area contributed by atoms with Crippen LogP contribution < -0.4 is 0 Å². The zero-order valence-electron chi connectivity index (χ0n) is 15.9. The second-order valence-electron chi connectivity index (χ2n) is 7.43. The molecule has 28 heavy (non-hydrogen) atoms. The van der Waals surface area contributed by atoms with Crippen LogP contribution in [-0.2, 0) is 6.42 Å². The minimum absolute atomic E-state index is 0.00225. The van der Waals surface area contributed by atoms with Gasteiger partial charge in [0.15, 0.2) is 5.78 Å². The number of benzene rings is 2. The van der Waals surface area contributed by atoms with Crippen molar-refractivity contribution in [3.8, 4) is 5.69 Å². The molecule has 4 heteroatoms. The molecule has 3 nitrogen and oxygen atoms in total. The van der Waals surface area contributed by atoms with Crippen molar-refractivity contribution in [3.05, 3.63) is 101 Å². The van der Waals surface area contributed by atoms with E-state index in [-0.39, 0.29) is 17.0 Å². The van der Waals surface area contributed by atoms with Crippen molar-refractivity contribution in [2.45, 2.75) is 20.3 Å². The first-order chi connectivity index (χ1) is 13.5. The number of carbonyl (C=O) groups excluding carboxylic acids is 1. The average Bonchev–Trinajstić information content (AvgIpc) is 3.10. The molecule has 2 aromatic carbocycles. The summed E-state index contributed by atoms with van der Waals surface area (Å²) in [6.07, 6.45) is 8.37. The van der Waals surface area contributed by atoms with E-state index in [0.717, 1.165) is 28.9 Å². The predicted octanol–water partition coefficient (Wildman–Crippen LogP) is 5.42. The molecule has 1 heterocycles.